The normalized spacial score (nSPS) is 12.2. The van der Waals surface area contributed by atoms with Crippen LogP contribution in [0.1, 0.15) is 19.7 Å². The molecule has 2 heterocycles. The van der Waals surface area contributed by atoms with Gasteiger partial charge in [0.05, 0.1) is 29.3 Å². The van der Waals surface area contributed by atoms with Crippen LogP contribution in [-0.2, 0) is 6.42 Å². The Morgan fingerprint density at radius 3 is 2.89 bits per heavy atom. The van der Waals surface area contributed by atoms with E-state index >= 15 is 0 Å². The van der Waals surface area contributed by atoms with Gasteiger partial charge in [-0.15, -0.1) is 0 Å². The van der Waals surface area contributed by atoms with Crippen LogP contribution in [0, 0.1) is 0 Å². The van der Waals surface area contributed by atoms with Crippen molar-refractivity contribution in [2.75, 3.05) is 0 Å². The minimum Gasteiger partial charge on any atom is -0.345 e. The number of nitrogens with zero attached hydrogens (tertiary/aromatic N) is 2. The molecule has 5 heteroatoms. The quantitative estimate of drug-likeness (QED) is 0.671. The zero-order valence-electron chi connectivity index (χ0n) is 11.1. The average molecular weight is 255 g/mol. The Morgan fingerprint density at radius 2 is 2.11 bits per heavy atom. The van der Waals surface area contributed by atoms with Crippen molar-refractivity contribution in [3.8, 4) is 11.3 Å². The van der Waals surface area contributed by atoms with Crippen molar-refractivity contribution in [3.05, 3.63) is 36.5 Å². The first-order valence-electron chi connectivity index (χ1n) is 6.27. The van der Waals surface area contributed by atoms with Gasteiger partial charge >= 0.3 is 0 Å². The van der Waals surface area contributed by atoms with Gasteiger partial charge in [0.25, 0.3) is 0 Å². The van der Waals surface area contributed by atoms with Gasteiger partial charge in [0.15, 0.2) is 0 Å². The van der Waals surface area contributed by atoms with Crippen LogP contribution in [-0.4, -0.2) is 25.5 Å². The van der Waals surface area contributed by atoms with Crippen molar-refractivity contribution >= 4 is 11.0 Å². The van der Waals surface area contributed by atoms with Crippen LogP contribution >= 0.6 is 0 Å². The Balaban J connectivity index is 1.93. The first-order valence-corrected chi connectivity index (χ1v) is 6.27. The molecule has 0 aliphatic carbocycles. The number of H-pyrrole nitrogens is 2. The molecular formula is C14H17N5. The lowest BCUT2D eigenvalue weighted by atomic mass is 10.0. The maximum Gasteiger partial charge on any atom is 0.108 e. The van der Waals surface area contributed by atoms with E-state index in [0.717, 1.165) is 34.5 Å². The van der Waals surface area contributed by atoms with E-state index in [0.29, 0.717) is 0 Å². The van der Waals surface area contributed by atoms with Gasteiger partial charge in [-0.05, 0) is 26.0 Å². The molecule has 0 spiro atoms. The molecule has 0 saturated carbocycles. The molecule has 1 aromatic carbocycles. The number of aromatic nitrogens is 4. The molecule has 0 radical (unpaired) electrons. The number of fused-ring (bicyclic) bond motifs is 1. The number of benzene rings is 1. The van der Waals surface area contributed by atoms with E-state index < -0.39 is 0 Å². The topological polar surface area (TPSA) is 83.4 Å². The van der Waals surface area contributed by atoms with E-state index in [2.05, 4.69) is 26.0 Å². The summed E-state index contributed by atoms with van der Waals surface area (Å²) in [6.45, 7) is 3.98. The highest BCUT2D eigenvalue weighted by Gasteiger charge is 2.14. The van der Waals surface area contributed by atoms with Crippen molar-refractivity contribution in [2.45, 2.75) is 25.8 Å². The number of hydrogen-bond donors (Lipinski definition) is 3. The molecule has 98 valence electrons. The highest BCUT2D eigenvalue weighted by molar-refractivity contribution is 5.80. The Hall–Kier alpha value is -2.14. The van der Waals surface area contributed by atoms with E-state index in [4.69, 9.17) is 5.73 Å². The lowest BCUT2D eigenvalue weighted by molar-refractivity contribution is 0.505. The molecule has 3 rings (SSSR count). The van der Waals surface area contributed by atoms with Gasteiger partial charge in [-0.3, -0.25) is 0 Å². The highest BCUT2D eigenvalue weighted by Crippen LogP contribution is 2.21. The Bertz CT molecular complexity index is 702. The number of aromatic amines is 2. The number of nitrogens with one attached hydrogen (secondary N) is 2. The molecule has 0 saturated heterocycles. The van der Waals surface area contributed by atoms with Gasteiger partial charge in [-0.1, -0.05) is 6.07 Å². The summed E-state index contributed by atoms with van der Waals surface area (Å²) in [6.07, 6.45) is 4.27. The molecule has 3 aromatic rings. The minimum absolute atomic E-state index is 0.261. The summed E-state index contributed by atoms with van der Waals surface area (Å²) in [5.74, 6) is 0.909. The SMILES string of the molecule is CC(C)(N)Cc1ncc(-c2ccc3nc[nH]c3c2)[nH]1. The maximum absolute atomic E-state index is 6.00. The second kappa shape index (κ2) is 4.20. The Kier molecular flexibility index (Phi) is 2.64. The Labute approximate surface area is 111 Å². The number of imidazole rings is 2. The summed E-state index contributed by atoms with van der Waals surface area (Å²) in [4.78, 5) is 15.0. The zero-order chi connectivity index (χ0) is 13.5. The van der Waals surface area contributed by atoms with Crippen molar-refractivity contribution < 1.29 is 0 Å². The van der Waals surface area contributed by atoms with Gasteiger partial charge in [0, 0.05) is 17.5 Å². The third kappa shape index (κ3) is 2.51. The van der Waals surface area contributed by atoms with E-state index in [9.17, 15) is 0 Å². The third-order valence-corrected chi connectivity index (χ3v) is 2.98. The van der Waals surface area contributed by atoms with Gasteiger partial charge in [-0.25, -0.2) is 9.97 Å². The molecule has 0 bridgehead atoms. The number of nitrogens with two attached hydrogens (primary N) is 1. The fraction of sp³-hybridized carbons (Fsp3) is 0.286. The fourth-order valence-corrected chi connectivity index (χ4v) is 2.13. The molecule has 2 aromatic heterocycles. The maximum atomic E-state index is 6.00. The summed E-state index contributed by atoms with van der Waals surface area (Å²) in [7, 11) is 0. The largest absolute Gasteiger partial charge is 0.345 e. The summed E-state index contributed by atoms with van der Waals surface area (Å²) < 4.78 is 0. The van der Waals surface area contributed by atoms with Gasteiger partial charge in [-0.2, -0.15) is 0 Å². The zero-order valence-corrected chi connectivity index (χ0v) is 11.1. The van der Waals surface area contributed by atoms with Crippen LogP contribution in [0.4, 0.5) is 0 Å². The smallest absolute Gasteiger partial charge is 0.108 e. The minimum atomic E-state index is -0.261. The second-order valence-corrected chi connectivity index (χ2v) is 5.54. The fourth-order valence-electron chi connectivity index (χ4n) is 2.13. The molecule has 5 nitrogen and oxygen atoms in total. The van der Waals surface area contributed by atoms with E-state index in [1.165, 1.54) is 0 Å². The van der Waals surface area contributed by atoms with Crippen LogP contribution < -0.4 is 5.73 Å². The van der Waals surface area contributed by atoms with Gasteiger partial charge in [0.2, 0.25) is 0 Å². The van der Waals surface area contributed by atoms with Crippen LogP contribution in [0.15, 0.2) is 30.7 Å². The van der Waals surface area contributed by atoms with Crippen LogP contribution in [0.25, 0.3) is 22.3 Å². The summed E-state index contributed by atoms with van der Waals surface area (Å²) in [5, 5.41) is 0. The van der Waals surface area contributed by atoms with Gasteiger partial charge < -0.3 is 15.7 Å². The first-order chi connectivity index (χ1) is 9.01. The second-order valence-electron chi connectivity index (χ2n) is 5.54. The Morgan fingerprint density at radius 1 is 1.26 bits per heavy atom. The average Bonchev–Trinajstić information content (AvgIpc) is 2.93. The third-order valence-electron chi connectivity index (χ3n) is 2.98. The van der Waals surface area contributed by atoms with Crippen LogP contribution in [0.3, 0.4) is 0 Å². The highest BCUT2D eigenvalue weighted by atomic mass is 14.9. The molecule has 0 unspecified atom stereocenters. The van der Waals surface area contributed by atoms with Crippen LogP contribution in [0.5, 0.6) is 0 Å². The first kappa shape index (κ1) is 11.9. The molecule has 0 aliphatic heterocycles. The number of rotatable bonds is 3. The molecule has 0 aliphatic rings. The van der Waals surface area contributed by atoms with Gasteiger partial charge in [0.1, 0.15) is 5.82 Å². The lowest BCUT2D eigenvalue weighted by Crippen LogP contribution is -2.34. The van der Waals surface area contributed by atoms with Crippen molar-refractivity contribution in [2.24, 2.45) is 5.73 Å². The standard InChI is InChI=1S/C14H17N5/c1-14(2,15)6-13-16-7-12(19-13)9-3-4-10-11(5-9)18-8-17-10/h3-5,7-8H,6,15H2,1-2H3,(H,16,19)(H,17,18). The van der Waals surface area contributed by atoms with Crippen LogP contribution in [0.2, 0.25) is 0 Å². The predicted octanol–water partition coefficient (Wildman–Crippen LogP) is 2.23. The van der Waals surface area contributed by atoms with E-state index in [1.807, 2.05) is 32.2 Å². The molecule has 19 heavy (non-hydrogen) atoms. The summed E-state index contributed by atoms with van der Waals surface area (Å²) >= 11 is 0. The van der Waals surface area contributed by atoms with Crippen molar-refractivity contribution in [1.29, 1.82) is 0 Å². The lowest BCUT2D eigenvalue weighted by Gasteiger charge is -2.15. The molecule has 0 amide bonds. The van der Waals surface area contributed by atoms with Crippen molar-refractivity contribution in [1.82, 2.24) is 19.9 Å². The molecular weight excluding hydrogens is 238 g/mol. The van der Waals surface area contributed by atoms with E-state index in [1.54, 1.807) is 6.33 Å². The predicted molar refractivity (Wildman–Crippen MR) is 75.6 cm³/mol. The summed E-state index contributed by atoms with van der Waals surface area (Å²) in [6, 6.07) is 6.09. The molecule has 4 N–H and O–H groups in total. The molecule has 0 atom stereocenters. The summed E-state index contributed by atoms with van der Waals surface area (Å²) in [5.41, 5.74) is 9.81. The monoisotopic (exact) mass is 255 g/mol. The molecule has 0 fully saturated rings. The number of hydrogen-bond acceptors (Lipinski definition) is 3. The van der Waals surface area contributed by atoms with E-state index in [-0.39, 0.29) is 5.54 Å². The van der Waals surface area contributed by atoms with Crippen molar-refractivity contribution in [3.63, 3.8) is 0 Å².